The second kappa shape index (κ2) is 5.83. The van der Waals surface area contributed by atoms with Crippen LogP contribution in [0.2, 0.25) is 5.02 Å². The molecule has 0 aliphatic carbocycles. The monoisotopic (exact) mass is 323 g/mol. The number of benzene rings is 1. The van der Waals surface area contributed by atoms with E-state index in [1.165, 1.54) is 25.1 Å². The molecule has 0 fully saturated rings. The van der Waals surface area contributed by atoms with Crippen molar-refractivity contribution in [2.45, 2.75) is 11.0 Å². The fraction of sp³-hybridized carbons (Fsp3) is 0.143. The van der Waals surface area contributed by atoms with Gasteiger partial charge in [0.25, 0.3) is 5.22 Å². The number of methoxy groups -OCH3 is 1. The molecule has 108 valence electrons. The number of carbonyl (C=O) groups excluding carboxylic acids is 1. The highest BCUT2D eigenvalue weighted by Crippen LogP contribution is 2.29. The lowest BCUT2D eigenvalue weighted by Crippen LogP contribution is -2.02. The minimum absolute atomic E-state index is 0.407. The summed E-state index contributed by atoms with van der Waals surface area (Å²) in [5, 5.41) is 1.09. The van der Waals surface area contributed by atoms with Crippen molar-refractivity contribution in [1.29, 1.82) is 0 Å². The molecular weight excluding hydrogens is 314 g/mol. The standard InChI is InChI=1S/C14H10ClNO4S/c1-18-13(17)9-4-5-19-12(9)7-21-14-16-10-6-8(15)2-3-11(10)20-14/h2-6H,7H2,1H3. The molecule has 0 amide bonds. The van der Waals surface area contributed by atoms with Crippen molar-refractivity contribution in [3.63, 3.8) is 0 Å². The molecule has 0 saturated carbocycles. The van der Waals surface area contributed by atoms with Crippen LogP contribution in [0, 0.1) is 0 Å². The number of esters is 1. The first kappa shape index (κ1) is 14.0. The lowest BCUT2D eigenvalue weighted by molar-refractivity contribution is 0.0598. The Bertz CT molecular complexity index is 795. The average Bonchev–Trinajstić information content (AvgIpc) is 3.09. The van der Waals surface area contributed by atoms with Gasteiger partial charge in [-0.05, 0) is 24.3 Å². The molecule has 0 unspecified atom stereocenters. The average molecular weight is 324 g/mol. The Morgan fingerprint density at radius 1 is 1.43 bits per heavy atom. The molecule has 21 heavy (non-hydrogen) atoms. The Morgan fingerprint density at radius 2 is 2.29 bits per heavy atom. The molecule has 0 saturated heterocycles. The van der Waals surface area contributed by atoms with Crippen molar-refractivity contribution in [2.24, 2.45) is 0 Å². The van der Waals surface area contributed by atoms with Crippen molar-refractivity contribution in [3.8, 4) is 0 Å². The van der Waals surface area contributed by atoms with Gasteiger partial charge in [0, 0.05) is 5.02 Å². The zero-order valence-corrected chi connectivity index (χ0v) is 12.5. The van der Waals surface area contributed by atoms with Gasteiger partial charge in [-0.25, -0.2) is 9.78 Å². The van der Waals surface area contributed by atoms with Crippen LogP contribution in [0.25, 0.3) is 11.1 Å². The number of rotatable bonds is 4. The summed E-state index contributed by atoms with van der Waals surface area (Å²) >= 11 is 7.23. The third kappa shape index (κ3) is 2.91. The second-order valence-electron chi connectivity index (χ2n) is 4.13. The number of halogens is 1. The van der Waals surface area contributed by atoms with Gasteiger partial charge in [0.1, 0.15) is 16.8 Å². The van der Waals surface area contributed by atoms with Crippen molar-refractivity contribution in [3.05, 3.63) is 46.9 Å². The molecule has 2 heterocycles. The summed E-state index contributed by atoms with van der Waals surface area (Å²) in [6, 6.07) is 6.82. The first-order chi connectivity index (χ1) is 10.2. The van der Waals surface area contributed by atoms with Crippen molar-refractivity contribution >= 4 is 40.4 Å². The SMILES string of the molecule is COC(=O)c1ccoc1CSc1nc2cc(Cl)ccc2o1. The van der Waals surface area contributed by atoms with E-state index in [-0.39, 0.29) is 0 Å². The minimum atomic E-state index is -0.427. The van der Waals surface area contributed by atoms with E-state index in [4.69, 9.17) is 20.4 Å². The number of oxazole rings is 1. The fourth-order valence-corrected chi connectivity index (χ4v) is 2.77. The number of hydrogen-bond acceptors (Lipinski definition) is 6. The maximum Gasteiger partial charge on any atom is 0.341 e. The largest absolute Gasteiger partial charge is 0.468 e. The van der Waals surface area contributed by atoms with E-state index in [2.05, 4.69) is 9.72 Å². The Balaban J connectivity index is 1.77. The van der Waals surface area contributed by atoms with E-state index in [1.807, 2.05) is 0 Å². The summed E-state index contributed by atoms with van der Waals surface area (Å²) < 4.78 is 15.6. The Morgan fingerprint density at radius 3 is 3.10 bits per heavy atom. The van der Waals surface area contributed by atoms with E-state index in [0.717, 1.165) is 0 Å². The fourth-order valence-electron chi connectivity index (χ4n) is 1.81. The Labute approximate surface area is 129 Å². The van der Waals surface area contributed by atoms with Gasteiger partial charge < -0.3 is 13.6 Å². The third-order valence-electron chi connectivity index (χ3n) is 2.81. The summed E-state index contributed by atoms with van der Waals surface area (Å²) in [7, 11) is 1.33. The van der Waals surface area contributed by atoms with Gasteiger partial charge >= 0.3 is 5.97 Å². The Kier molecular flexibility index (Phi) is 3.90. The molecule has 3 aromatic rings. The summed E-state index contributed by atoms with van der Waals surface area (Å²) in [5.41, 5.74) is 1.76. The van der Waals surface area contributed by atoms with E-state index in [0.29, 0.717) is 38.4 Å². The topological polar surface area (TPSA) is 65.5 Å². The van der Waals surface area contributed by atoms with Crippen LogP contribution in [0.1, 0.15) is 16.1 Å². The molecule has 0 aliphatic rings. The van der Waals surface area contributed by atoms with Crippen LogP contribution in [-0.2, 0) is 10.5 Å². The minimum Gasteiger partial charge on any atom is -0.468 e. The molecule has 0 N–H and O–H groups in total. The number of thioether (sulfide) groups is 1. The molecule has 0 radical (unpaired) electrons. The van der Waals surface area contributed by atoms with Gasteiger partial charge in [-0.15, -0.1) is 0 Å². The number of ether oxygens (including phenoxy) is 1. The van der Waals surface area contributed by atoms with Crippen molar-refractivity contribution < 1.29 is 18.4 Å². The maximum atomic E-state index is 11.5. The van der Waals surface area contributed by atoms with Gasteiger partial charge in [-0.3, -0.25) is 0 Å². The Hall–Kier alpha value is -1.92. The molecule has 5 nitrogen and oxygen atoms in total. The zero-order chi connectivity index (χ0) is 14.8. The molecule has 7 heteroatoms. The smallest absolute Gasteiger partial charge is 0.341 e. The zero-order valence-electron chi connectivity index (χ0n) is 11.0. The first-order valence-electron chi connectivity index (χ1n) is 6.01. The number of aromatic nitrogens is 1. The van der Waals surface area contributed by atoms with E-state index in [1.54, 1.807) is 24.3 Å². The van der Waals surface area contributed by atoms with E-state index in [9.17, 15) is 4.79 Å². The number of nitrogens with zero attached hydrogens (tertiary/aromatic N) is 1. The molecule has 3 rings (SSSR count). The highest BCUT2D eigenvalue weighted by Gasteiger charge is 2.16. The van der Waals surface area contributed by atoms with Crippen LogP contribution < -0.4 is 0 Å². The predicted molar refractivity (Wildman–Crippen MR) is 78.6 cm³/mol. The number of carbonyl (C=O) groups is 1. The lowest BCUT2D eigenvalue weighted by atomic mass is 10.3. The highest BCUT2D eigenvalue weighted by molar-refractivity contribution is 7.98. The van der Waals surface area contributed by atoms with E-state index < -0.39 is 5.97 Å². The molecule has 0 spiro atoms. The number of fused-ring (bicyclic) bond motifs is 1. The van der Waals surface area contributed by atoms with Crippen LogP contribution in [-0.4, -0.2) is 18.1 Å². The van der Waals surface area contributed by atoms with Crippen LogP contribution in [0.3, 0.4) is 0 Å². The predicted octanol–water partition coefficient (Wildman–Crippen LogP) is 4.15. The summed E-state index contributed by atoms with van der Waals surface area (Å²) in [5.74, 6) is 0.508. The molecule has 2 aromatic heterocycles. The maximum absolute atomic E-state index is 11.5. The van der Waals surface area contributed by atoms with Crippen LogP contribution >= 0.6 is 23.4 Å². The number of furan rings is 1. The molecular formula is C14H10ClNO4S. The quantitative estimate of drug-likeness (QED) is 0.530. The van der Waals surface area contributed by atoms with Crippen LogP contribution in [0.4, 0.5) is 0 Å². The molecule has 0 bridgehead atoms. The van der Waals surface area contributed by atoms with Gasteiger partial charge in [0.2, 0.25) is 0 Å². The van der Waals surface area contributed by atoms with E-state index >= 15 is 0 Å². The molecule has 1 aromatic carbocycles. The lowest BCUT2D eigenvalue weighted by Gasteiger charge is -1.98. The van der Waals surface area contributed by atoms with Crippen molar-refractivity contribution in [1.82, 2.24) is 4.98 Å². The highest BCUT2D eigenvalue weighted by atomic mass is 35.5. The summed E-state index contributed by atoms with van der Waals surface area (Å²) in [4.78, 5) is 15.9. The van der Waals surface area contributed by atoms with Gasteiger partial charge in [0.15, 0.2) is 5.58 Å². The van der Waals surface area contributed by atoms with Crippen LogP contribution in [0.15, 0.2) is 44.6 Å². The van der Waals surface area contributed by atoms with Crippen molar-refractivity contribution in [2.75, 3.05) is 7.11 Å². The summed E-state index contributed by atoms with van der Waals surface area (Å²) in [6.07, 6.45) is 1.45. The second-order valence-corrected chi connectivity index (χ2v) is 5.49. The number of hydrogen-bond donors (Lipinski definition) is 0. The van der Waals surface area contributed by atoms with Crippen LogP contribution in [0.5, 0.6) is 0 Å². The van der Waals surface area contributed by atoms with Gasteiger partial charge in [0.05, 0.1) is 19.1 Å². The summed E-state index contributed by atoms with van der Waals surface area (Å²) in [6.45, 7) is 0. The van der Waals surface area contributed by atoms with Gasteiger partial charge in [-0.1, -0.05) is 23.4 Å². The first-order valence-corrected chi connectivity index (χ1v) is 7.37. The third-order valence-corrected chi connectivity index (χ3v) is 3.87. The normalized spacial score (nSPS) is 11.0. The molecule has 0 aliphatic heterocycles. The van der Waals surface area contributed by atoms with Gasteiger partial charge in [-0.2, -0.15) is 0 Å². The molecule has 0 atom stereocenters.